The fourth-order valence-corrected chi connectivity index (χ4v) is 3.89. The van der Waals surface area contributed by atoms with Gasteiger partial charge in [0, 0.05) is 25.2 Å². The molecule has 8 nitrogen and oxygen atoms in total. The molecule has 0 unspecified atom stereocenters. The predicted molar refractivity (Wildman–Crippen MR) is 137 cm³/mol. The number of nitrogens with zero attached hydrogens (tertiary/aromatic N) is 2. The fourth-order valence-electron chi connectivity index (χ4n) is 3.89. The summed E-state index contributed by atoms with van der Waals surface area (Å²) < 4.78 is 51.7. The molecule has 0 radical (unpaired) electrons. The van der Waals surface area contributed by atoms with Gasteiger partial charge in [0.1, 0.15) is 0 Å². The molecule has 1 aliphatic carbocycles. The van der Waals surface area contributed by atoms with Crippen molar-refractivity contribution in [2.24, 2.45) is 0 Å². The highest BCUT2D eigenvalue weighted by Crippen LogP contribution is 2.27. The highest BCUT2D eigenvalue weighted by molar-refractivity contribution is 7.85. The number of benzene rings is 2. The van der Waals surface area contributed by atoms with Gasteiger partial charge >= 0.3 is 0 Å². The monoisotopic (exact) mass is 514 g/mol. The van der Waals surface area contributed by atoms with Crippen LogP contribution in [0.2, 0.25) is 0 Å². The summed E-state index contributed by atoms with van der Waals surface area (Å²) in [5.41, 5.74) is 2.84. The van der Waals surface area contributed by atoms with Crippen LogP contribution in [0.25, 0.3) is 0 Å². The van der Waals surface area contributed by atoms with Crippen LogP contribution in [0.15, 0.2) is 60.7 Å². The van der Waals surface area contributed by atoms with Crippen molar-refractivity contribution in [2.75, 3.05) is 26.6 Å². The van der Waals surface area contributed by atoms with E-state index in [0.717, 1.165) is 19.1 Å². The Kier molecular flexibility index (Phi) is 12.9. The molecule has 0 amide bonds. The lowest BCUT2D eigenvalue weighted by Gasteiger charge is -2.39. The third-order valence-electron chi connectivity index (χ3n) is 5.37. The lowest BCUT2D eigenvalue weighted by molar-refractivity contribution is 0.106. The maximum Gasteiger partial charge on any atom is 0.261 e. The quantitative estimate of drug-likeness (QED) is 0.562. The molecule has 2 aromatic rings. The van der Waals surface area contributed by atoms with E-state index in [0.29, 0.717) is 18.6 Å². The second-order valence-corrected chi connectivity index (χ2v) is 11.7. The molecule has 10 heteroatoms. The predicted octanol–water partition coefficient (Wildman–Crippen LogP) is 3.57. The van der Waals surface area contributed by atoms with Crippen molar-refractivity contribution in [1.82, 2.24) is 9.80 Å². The molecule has 1 saturated carbocycles. The third-order valence-corrected chi connectivity index (χ3v) is 5.37. The zero-order valence-electron chi connectivity index (χ0n) is 20.4. The van der Waals surface area contributed by atoms with Gasteiger partial charge in [-0.2, -0.15) is 16.8 Å². The third kappa shape index (κ3) is 15.9. The molecule has 0 spiro atoms. The molecule has 192 valence electrons. The first-order chi connectivity index (χ1) is 15.7. The summed E-state index contributed by atoms with van der Waals surface area (Å²) in [5, 5.41) is 0. The first-order valence-electron chi connectivity index (χ1n) is 11.1. The molecule has 0 saturated heterocycles. The van der Waals surface area contributed by atoms with Crippen LogP contribution in [0.1, 0.15) is 36.8 Å². The van der Waals surface area contributed by atoms with Crippen molar-refractivity contribution >= 4 is 20.2 Å². The van der Waals surface area contributed by atoms with Gasteiger partial charge in [-0.05, 0) is 50.9 Å². The van der Waals surface area contributed by atoms with Crippen LogP contribution < -0.4 is 0 Å². The van der Waals surface area contributed by atoms with E-state index in [2.05, 4.69) is 84.6 Å². The number of hydrogen-bond acceptors (Lipinski definition) is 6. The van der Waals surface area contributed by atoms with Crippen LogP contribution in [0, 0.1) is 0 Å². The summed E-state index contributed by atoms with van der Waals surface area (Å²) in [5.74, 6) is 0. The summed E-state index contributed by atoms with van der Waals surface area (Å²) >= 11 is 0. The molecule has 0 heterocycles. The van der Waals surface area contributed by atoms with Crippen LogP contribution in [0.4, 0.5) is 0 Å². The molecule has 0 atom stereocenters. The fraction of sp³-hybridized carbons (Fsp3) is 0.500. The highest BCUT2D eigenvalue weighted by Gasteiger charge is 2.26. The zero-order valence-corrected chi connectivity index (χ0v) is 22.0. The Morgan fingerprint density at radius 2 is 0.971 bits per heavy atom. The number of rotatable bonds is 6. The minimum absolute atomic E-state index is 0.696. The first-order valence-corrected chi connectivity index (χ1v) is 14.7. The van der Waals surface area contributed by atoms with Gasteiger partial charge in [0.25, 0.3) is 20.2 Å². The van der Waals surface area contributed by atoms with E-state index in [1.165, 1.54) is 36.8 Å². The molecule has 34 heavy (non-hydrogen) atoms. The van der Waals surface area contributed by atoms with Crippen LogP contribution in [0.3, 0.4) is 0 Å². The minimum Gasteiger partial charge on any atom is -0.306 e. The van der Waals surface area contributed by atoms with Gasteiger partial charge in [0.2, 0.25) is 0 Å². The lowest BCUT2D eigenvalue weighted by Crippen LogP contribution is -2.41. The Labute approximate surface area is 205 Å². The van der Waals surface area contributed by atoms with Crippen molar-refractivity contribution in [3.8, 4) is 0 Å². The van der Waals surface area contributed by atoms with Crippen LogP contribution >= 0.6 is 0 Å². The Bertz CT molecular complexity index is 934. The van der Waals surface area contributed by atoms with E-state index < -0.39 is 20.2 Å². The SMILES string of the molecule is CN(C)C1CCC(N(Cc2ccccc2)Cc2ccccc2)CC1.CS(=O)(=O)O.CS(=O)(=O)O. The molecule has 2 aromatic carbocycles. The molecular weight excluding hydrogens is 476 g/mol. The van der Waals surface area contributed by atoms with Gasteiger partial charge in [0.15, 0.2) is 0 Å². The lowest BCUT2D eigenvalue weighted by atomic mass is 9.89. The van der Waals surface area contributed by atoms with E-state index >= 15 is 0 Å². The summed E-state index contributed by atoms with van der Waals surface area (Å²) in [6.45, 7) is 2.10. The average molecular weight is 515 g/mol. The molecule has 1 aliphatic rings. The molecule has 0 aromatic heterocycles. The standard InChI is InChI=1S/C22H30N2.2CH4O3S/c1-23(2)21-13-15-22(16-14-21)24(17-19-9-5-3-6-10-19)18-20-11-7-4-8-12-20;2*1-5(2,3)4/h3-12,21-22H,13-18H2,1-2H3;2*1H3,(H,2,3,4). The van der Waals surface area contributed by atoms with Crippen molar-refractivity contribution in [1.29, 1.82) is 0 Å². The van der Waals surface area contributed by atoms with Gasteiger partial charge in [0.05, 0.1) is 12.5 Å². The Hall–Kier alpha value is -1.82. The Morgan fingerprint density at radius 3 is 1.26 bits per heavy atom. The highest BCUT2D eigenvalue weighted by atomic mass is 32.2. The van der Waals surface area contributed by atoms with E-state index in [-0.39, 0.29) is 0 Å². The van der Waals surface area contributed by atoms with E-state index in [9.17, 15) is 16.8 Å². The molecule has 3 rings (SSSR count). The van der Waals surface area contributed by atoms with Gasteiger partial charge in [-0.25, -0.2) is 0 Å². The van der Waals surface area contributed by atoms with Crippen molar-refractivity contribution in [3.05, 3.63) is 71.8 Å². The summed E-state index contributed by atoms with van der Waals surface area (Å²) in [6.07, 6.45) is 6.68. The summed E-state index contributed by atoms with van der Waals surface area (Å²) in [4.78, 5) is 5.09. The largest absolute Gasteiger partial charge is 0.306 e. The van der Waals surface area contributed by atoms with Crippen molar-refractivity contribution in [2.45, 2.75) is 50.9 Å². The molecular formula is C24H38N2O6S2. The molecule has 1 fully saturated rings. The van der Waals surface area contributed by atoms with Crippen LogP contribution in [-0.4, -0.2) is 74.4 Å². The van der Waals surface area contributed by atoms with Gasteiger partial charge < -0.3 is 4.90 Å². The van der Waals surface area contributed by atoms with Crippen LogP contribution in [-0.2, 0) is 33.3 Å². The maximum atomic E-state index is 9.19. The summed E-state index contributed by atoms with van der Waals surface area (Å²) in [6, 6.07) is 23.3. The van der Waals surface area contributed by atoms with Gasteiger partial charge in [-0.3, -0.25) is 14.0 Å². The average Bonchev–Trinajstić information content (AvgIpc) is 2.72. The maximum absolute atomic E-state index is 9.19. The normalized spacial score (nSPS) is 18.5. The minimum atomic E-state index is -3.67. The summed E-state index contributed by atoms with van der Waals surface area (Å²) in [7, 11) is -2.90. The van der Waals surface area contributed by atoms with E-state index in [4.69, 9.17) is 9.11 Å². The van der Waals surface area contributed by atoms with Crippen molar-refractivity contribution < 1.29 is 25.9 Å². The van der Waals surface area contributed by atoms with E-state index in [1.54, 1.807) is 0 Å². The van der Waals surface area contributed by atoms with Gasteiger partial charge in [-0.1, -0.05) is 60.7 Å². The Morgan fingerprint density at radius 1 is 0.676 bits per heavy atom. The zero-order chi connectivity index (χ0) is 25.8. The Balaban J connectivity index is 0.000000489. The second kappa shape index (κ2) is 14.6. The van der Waals surface area contributed by atoms with Crippen LogP contribution in [0.5, 0.6) is 0 Å². The second-order valence-electron chi connectivity index (χ2n) is 8.77. The van der Waals surface area contributed by atoms with Crippen molar-refractivity contribution in [3.63, 3.8) is 0 Å². The topological polar surface area (TPSA) is 115 Å². The van der Waals surface area contributed by atoms with E-state index in [1.807, 2.05) is 0 Å². The molecule has 0 bridgehead atoms. The first kappa shape index (κ1) is 30.2. The smallest absolute Gasteiger partial charge is 0.261 e. The number of hydrogen-bond donors (Lipinski definition) is 2. The molecule has 2 N–H and O–H groups in total. The van der Waals surface area contributed by atoms with Gasteiger partial charge in [-0.15, -0.1) is 0 Å². The molecule has 0 aliphatic heterocycles.